The molecule has 0 amide bonds. The van der Waals surface area contributed by atoms with Gasteiger partial charge in [0.15, 0.2) is 0 Å². The highest BCUT2D eigenvalue weighted by Gasteiger charge is 2.04. The second-order valence-corrected chi connectivity index (χ2v) is 4.02. The Morgan fingerprint density at radius 3 is 2.31 bits per heavy atom. The highest BCUT2D eigenvalue weighted by atomic mass is 14.9. The van der Waals surface area contributed by atoms with Gasteiger partial charge in [0.2, 0.25) is 0 Å². The van der Waals surface area contributed by atoms with Gasteiger partial charge in [-0.3, -0.25) is 0 Å². The number of hydrogen-bond acceptors (Lipinski definition) is 1. The molecule has 0 saturated carbocycles. The molecule has 0 bridgehead atoms. The quantitative estimate of drug-likeness (QED) is 0.533. The average molecular weight is 217 g/mol. The summed E-state index contributed by atoms with van der Waals surface area (Å²) >= 11 is 0. The fraction of sp³-hybridized carbons (Fsp3) is 0.467. The number of aryl methyl sites for hydroxylation is 2. The molecule has 1 heteroatoms. The number of unbranched alkanes of at least 4 members (excludes halogenated alkanes) is 1. The zero-order valence-electron chi connectivity index (χ0n) is 10.6. The molecule has 0 atom stereocenters. The molecule has 0 heterocycles. The molecule has 1 N–H and O–H groups in total. The molecule has 1 aromatic carbocycles. The van der Waals surface area contributed by atoms with Crippen molar-refractivity contribution in [3.63, 3.8) is 0 Å². The first-order chi connectivity index (χ1) is 7.83. The van der Waals surface area contributed by atoms with E-state index in [-0.39, 0.29) is 0 Å². The summed E-state index contributed by atoms with van der Waals surface area (Å²) in [5.74, 6) is 0. The van der Waals surface area contributed by atoms with Crippen LogP contribution in [0.25, 0.3) is 0 Å². The molecular formula is C15H23N. The summed E-state index contributed by atoms with van der Waals surface area (Å²) in [5.41, 5.74) is 4.22. The minimum atomic E-state index is 1.04. The fourth-order valence-electron chi connectivity index (χ4n) is 1.93. The van der Waals surface area contributed by atoms with E-state index in [4.69, 9.17) is 0 Å². The number of rotatable bonds is 7. The van der Waals surface area contributed by atoms with Crippen LogP contribution in [0.5, 0.6) is 0 Å². The van der Waals surface area contributed by atoms with E-state index in [1.54, 1.807) is 0 Å². The van der Waals surface area contributed by atoms with Gasteiger partial charge in [0.1, 0.15) is 0 Å². The van der Waals surface area contributed by atoms with Crippen molar-refractivity contribution in [3.8, 4) is 0 Å². The van der Waals surface area contributed by atoms with Crippen LogP contribution in [-0.4, -0.2) is 6.54 Å². The predicted octanol–water partition coefficient (Wildman–Crippen LogP) is 4.19. The normalized spacial score (nSPS) is 10.1. The number of nitrogens with one attached hydrogen (secondary N) is 1. The Bertz CT molecular complexity index is 306. The molecule has 0 spiro atoms. The third-order valence-electron chi connectivity index (χ3n) is 2.89. The van der Waals surface area contributed by atoms with Crippen LogP contribution in [0.4, 0.5) is 5.69 Å². The molecule has 0 aliphatic carbocycles. The third-order valence-corrected chi connectivity index (χ3v) is 2.89. The maximum Gasteiger partial charge on any atom is 0.0405 e. The van der Waals surface area contributed by atoms with Crippen LogP contribution in [0, 0.1) is 0 Å². The molecule has 0 aliphatic rings. The zero-order valence-corrected chi connectivity index (χ0v) is 10.6. The topological polar surface area (TPSA) is 12.0 Å². The minimum absolute atomic E-state index is 1.04. The third kappa shape index (κ3) is 3.41. The lowest BCUT2D eigenvalue weighted by molar-refractivity contribution is 0.885. The molecule has 0 radical (unpaired) electrons. The predicted molar refractivity (Wildman–Crippen MR) is 73.1 cm³/mol. The van der Waals surface area contributed by atoms with Crippen LogP contribution in [0.15, 0.2) is 30.9 Å². The summed E-state index contributed by atoms with van der Waals surface area (Å²) in [6, 6.07) is 6.59. The Balaban J connectivity index is 2.70. The molecule has 1 rings (SSSR count). The van der Waals surface area contributed by atoms with E-state index in [1.807, 2.05) is 6.08 Å². The molecule has 88 valence electrons. The van der Waals surface area contributed by atoms with E-state index >= 15 is 0 Å². The van der Waals surface area contributed by atoms with Crippen LogP contribution in [0.2, 0.25) is 0 Å². The Morgan fingerprint density at radius 2 is 1.81 bits per heavy atom. The summed E-state index contributed by atoms with van der Waals surface area (Å²) in [6.45, 7) is 9.21. The van der Waals surface area contributed by atoms with E-state index in [1.165, 1.54) is 16.8 Å². The summed E-state index contributed by atoms with van der Waals surface area (Å²) in [6.07, 6.45) is 6.41. The van der Waals surface area contributed by atoms with Gasteiger partial charge in [-0.15, -0.1) is 6.58 Å². The van der Waals surface area contributed by atoms with Crippen LogP contribution >= 0.6 is 0 Å². The van der Waals surface area contributed by atoms with E-state index in [0.29, 0.717) is 0 Å². The van der Waals surface area contributed by atoms with Crippen molar-refractivity contribution in [2.24, 2.45) is 0 Å². The number of allylic oxidation sites excluding steroid dienone is 1. The van der Waals surface area contributed by atoms with E-state index in [9.17, 15) is 0 Å². The van der Waals surface area contributed by atoms with Gasteiger partial charge < -0.3 is 5.32 Å². The summed E-state index contributed by atoms with van der Waals surface area (Å²) < 4.78 is 0. The SMILES string of the molecule is C=CCCCNc1c(CC)cccc1CC. The average Bonchev–Trinajstić information content (AvgIpc) is 2.34. The van der Waals surface area contributed by atoms with Gasteiger partial charge in [-0.2, -0.15) is 0 Å². The fourth-order valence-corrected chi connectivity index (χ4v) is 1.93. The maximum atomic E-state index is 3.74. The minimum Gasteiger partial charge on any atom is -0.385 e. The van der Waals surface area contributed by atoms with Crippen molar-refractivity contribution in [1.82, 2.24) is 0 Å². The first kappa shape index (κ1) is 12.8. The van der Waals surface area contributed by atoms with E-state index in [2.05, 4.69) is 43.9 Å². The smallest absolute Gasteiger partial charge is 0.0405 e. The molecule has 1 aromatic rings. The molecule has 0 saturated heterocycles. The van der Waals surface area contributed by atoms with Crippen LogP contribution < -0.4 is 5.32 Å². The van der Waals surface area contributed by atoms with Crippen molar-refractivity contribution in [2.75, 3.05) is 11.9 Å². The Morgan fingerprint density at radius 1 is 1.19 bits per heavy atom. The maximum absolute atomic E-state index is 3.74. The second-order valence-electron chi connectivity index (χ2n) is 4.02. The summed E-state index contributed by atoms with van der Waals surface area (Å²) in [5, 5.41) is 3.57. The monoisotopic (exact) mass is 217 g/mol. The van der Waals surface area contributed by atoms with Gasteiger partial charge in [-0.25, -0.2) is 0 Å². The lowest BCUT2D eigenvalue weighted by atomic mass is 10.0. The standard InChI is InChI=1S/C15H23N/c1-4-7-8-12-16-15-13(5-2)10-9-11-14(15)6-3/h4,9-11,16H,1,5-8,12H2,2-3H3. The van der Waals surface area contributed by atoms with Crippen LogP contribution in [0.1, 0.15) is 37.8 Å². The lowest BCUT2D eigenvalue weighted by Gasteiger charge is -2.15. The molecule has 0 aliphatic heterocycles. The van der Waals surface area contributed by atoms with Gasteiger partial charge >= 0.3 is 0 Å². The Kier molecular flexibility index (Phi) is 5.69. The van der Waals surface area contributed by atoms with Gasteiger partial charge in [0, 0.05) is 12.2 Å². The number of benzene rings is 1. The molecule has 0 fully saturated rings. The summed E-state index contributed by atoms with van der Waals surface area (Å²) in [4.78, 5) is 0. The van der Waals surface area contributed by atoms with Gasteiger partial charge in [-0.1, -0.05) is 38.1 Å². The largest absolute Gasteiger partial charge is 0.385 e. The van der Waals surface area contributed by atoms with Gasteiger partial charge in [0.05, 0.1) is 0 Å². The van der Waals surface area contributed by atoms with Gasteiger partial charge in [0.25, 0.3) is 0 Å². The Hall–Kier alpha value is -1.24. The molecule has 1 nitrogen and oxygen atoms in total. The van der Waals surface area contributed by atoms with Crippen molar-refractivity contribution in [1.29, 1.82) is 0 Å². The summed E-state index contributed by atoms with van der Waals surface area (Å²) in [7, 11) is 0. The van der Waals surface area contributed by atoms with Crippen LogP contribution in [0.3, 0.4) is 0 Å². The van der Waals surface area contributed by atoms with Crippen molar-refractivity contribution >= 4 is 5.69 Å². The van der Waals surface area contributed by atoms with Crippen LogP contribution in [-0.2, 0) is 12.8 Å². The first-order valence-electron chi connectivity index (χ1n) is 6.29. The van der Waals surface area contributed by atoms with Gasteiger partial charge in [-0.05, 0) is 36.8 Å². The van der Waals surface area contributed by atoms with Crippen molar-refractivity contribution < 1.29 is 0 Å². The molecule has 0 unspecified atom stereocenters. The van der Waals surface area contributed by atoms with Crippen molar-refractivity contribution in [2.45, 2.75) is 39.5 Å². The molecule has 0 aromatic heterocycles. The lowest BCUT2D eigenvalue weighted by Crippen LogP contribution is -2.06. The molecular weight excluding hydrogens is 194 g/mol. The number of hydrogen-bond donors (Lipinski definition) is 1. The van der Waals surface area contributed by atoms with Crippen molar-refractivity contribution in [3.05, 3.63) is 42.0 Å². The van der Waals surface area contributed by atoms with E-state index in [0.717, 1.165) is 32.2 Å². The molecule has 16 heavy (non-hydrogen) atoms. The highest BCUT2D eigenvalue weighted by Crippen LogP contribution is 2.22. The number of anilines is 1. The zero-order chi connectivity index (χ0) is 11.8. The second kappa shape index (κ2) is 7.10. The van der Waals surface area contributed by atoms with E-state index < -0.39 is 0 Å². The Labute approximate surface area is 99.6 Å². The highest BCUT2D eigenvalue weighted by molar-refractivity contribution is 5.57. The number of para-hydroxylation sites is 1. The first-order valence-corrected chi connectivity index (χ1v) is 6.29.